The van der Waals surface area contributed by atoms with Gasteiger partial charge in [0.2, 0.25) is 5.13 Å². The molecule has 2 aromatic rings. The average molecular weight is 343 g/mol. The van der Waals surface area contributed by atoms with Crippen molar-refractivity contribution in [2.75, 3.05) is 23.3 Å². The van der Waals surface area contributed by atoms with Crippen molar-refractivity contribution in [1.82, 2.24) is 15.2 Å². The van der Waals surface area contributed by atoms with Crippen molar-refractivity contribution in [3.05, 3.63) is 29.4 Å². The third-order valence-electron chi connectivity index (χ3n) is 5.40. The SMILES string of the molecule is O=C(Nc1nncs1)c1ccc(N2CCC3(CCCC3)CC2)nc1. The molecule has 1 saturated heterocycles. The number of nitrogens with one attached hydrogen (secondary N) is 1. The van der Waals surface area contributed by atoms with Gasteiger partial charge in [0.25, 0.3) is 5.91 Å². The molecule has 1 amide bonds. The van der Waals surface area contributed by atoms with Crippen molar-refractivity contribution in [2.45, 2.75) is 38.5 Å². The number of piperidine rings is 1. The van der Waals surface area contributed by atoms with Gasteiger partial charge in [-0.05, 0) is 43.2 Å². The first kappa shape index (κ1) is 15.5. The predicted octanol–water partition coefficient (Wildman–Crippen LogP) is 3.35. The monoisotopic (exact) mass is 343 g/mol. The highest BCUT2D eigenvalue weighted by Crippen LogP contribution is 2.46. The molecule has 2 aliphatic rings. The molecular formula is C17H21N5OS. The molecule has 1 spiro atoms. The quantitative estimate of drug-likeness (QED) is 0.925. The van der Waals surface area contributed by atoms with Crippen molar-refractivity contribution in [1.29, 1.82) is 0 Å². The molecule has 0 atom stereocenters. The van der Waals surface area contributed by atoms with Crippen LogP contribution in [-0.2, 0) is 0 Å². The summed E-state index contributed by atoms with van der Waals surface area (Å²) in [4.78, 5) is 19.0. The number of hydrogen-bond donors (Lipinski definition) is 1. The van der Waals surface area contributed by atoms with Gasteiger partial charge in [0.1, 0.15) is 11.3 Å². The second kappa shape index (κ2) is 6.47. The molecule has 1 aliphatic heterocycles. The summed E-state index contributed by atoms with van der Waals surface area (Å²) < 4.78 is 0. The fourth-order valence-corrected chi connectivity index (χ4v) is 4.38. The Labute approximate surface area is 145 Å². The van der Waals surface area contributed by atoms with Crippen molar-refractivity contribution in [2.24, 2.45) is 5.41 Å². The maximum Gasteiger partial charge on any atom is 0.259 e. The summed E-state index contributed by atoms with van der Waals surface area (Å²) in [6, 6.07) is 3.78. The summed E-state index contributed by atoms with van der Waals surface area (Å²) in [5.41, 5.74) is 2.74. The number of anilines is 2. The summed E-state index contributed by atoms with van der Waals surface area (Å²) in [6.45, 7) is 2.15. The van der Waals surface area contributed by atoms with Crippen LogP contribution in [0, 0.1) is 5.41 Å². The van der Waals surface area contributed by atoms with Gasteiger partial charge < -0.3 is 4.90 Å². The van der Waals surface area contributed by atoms with Gasteiger partial charge in [-0.2, -0.15) is 0 Å². The molecule has 4 rings (SSSR count). The minimum atomic E-state index is -0.200. The number of rotatable bonds is 3. The number of carbonyl (C=O) groups is 1. The minimum Gasteiger partial charge on any atom is -0.357 e. The Hall–Kier alpha value is -2.02. The van der Waals surface area contributed by atoms with E-state index in [9.17, 15) is 4.79 Å². The van der Waals surface area contributed by atoms with Crippen LogP contribution in [0.5, 0.6) is 0 Å². The number of aromatic nitrogens is 3. The van der Waals surface area contributed by atoms with Crippen molar-refractivity contribution < 1.29 is 4.79 Å². The van der Waals surface area contributed by atoms with Crippen LogP contribution in [0.1, 0.15) is 48.9 Å². The van der Waals surface area contributed by atoms with Gasteiger partial charge in [0.05, 0.1) is 5.56 Å². The van der Waals surface area contributed by atoms with E-state index < -0.39 is 0 Å². The van der Waals surface area contributed by atoms with E-state index in [-0.39, 0.29) is 5.91 Å². The van der Waals surface area contributed by atoms with Crippen molar-refractivity contribution in [3.8, 4) is 0 Å². The Morgan fingerprint density at radius 2 is 1.96 bits per heavy atom. The Bertz CT molecular complexity index is 684. The Morgan fingerprint density at radius 3 is 2.58 bits per heavy atom. The van der Waals surface area contributed by atoms with E-state index in [0.717, 1.165) is 18.9 Å². The predicted molar refractivity (Wildman–Crippen MR) is 94.4 cm³/mol. The van der Waals surface area contributed by atoms with Crippen molar-refractivity contribution >= 4 is 28.2 Å². The summed E-state index contributed by atoms with van der Waals surface area (Å²) in [7, 11) is 0. The third kappa shape index (κ3) is 3.13. The number of hydrogen-bond acceptors (Lipinski definition) is 6. The number of amides is 1. The summed E-state index contributed by atoms with van der Waals surface area (Å²) >= 11 is 1.30. The maximum atomic E-state index is 12.1. The Kier molecular flexibility index (Phi) is 4.18. The van der Waals surface area contributed by atoms with Crippen molar-refractivity contribution in [3.63, 3.8) is 0 Å². The lowest BCUT2D eigenvalue weighted by Crippen LogP contribution is -2.39. The molecule has 3 heterocycles. The molecule has 7 heteroatoms. The standard InChI is InChI=1S/C17H21N5OS/c23-15(20-16-21-19-12-24-16)13-3-4-14(18-11-13)22-9-7-17(8-10-22)5-1-2-6-17/h3-4,11-12H,1-2,5-10H2,(H,20,21,23). The number of carbonyl (C=O) groups excluding carboxylic acids is 1. The highest BCUT2D eigenvalue weighted by Gasteiger charge is 2.37. The molecule has 126 valence electrons. The lowest BCUT2D eigenvalue weighted by Gasteiger charge is -2.40. The largest absolute Gasteiger partial charge is 0.357 e. The van der Waals surface area contributed by atoms with E-state index in [2.05, 4.69) is 25.4 Å². The minimum absolute atomic E-state index is 0.200. The van der Waals surface area contributed by atoms with Gasteiger partial charge in [-0.15, -0.1) is 10.2 Å². The van der Waals surface area contributed by atoms with E-state index in [1.165, 1.54) is 49.9 Å². The van der Waals surface area contributed by atoms with Gasteiger partial charge in [-0.25, -0.2) is 4.98 Å². The lowest BCUT2D eigenvalue weighted by atomic mass is 9.77. The zero-order chi connectivity index (χ0) is 16.4. The van der Waals surface area contributed by atoms with Crippen LogP contribution in [0.2, 0.25) is 0 Å². The molecular weight excluding hydrogens is 322 g/mol. The van der Waals surface area contributed by atoms with Gasteiger partial charge in [-0.1, -0.05) is 24.2 Å². The zero-order valence-electron chi connectivity index (χ0n) is 13.6. The fourth-order valence-electron chi connectivity index (χ4n) is 3.94. The van der Waals surface area contributed by atoms with Crippen LogP contribution >= 0.6 is 11.3 Å². The van der Waals surface area contributed by atoms with Crippen LogP contribution in [0.4, 0.5) is 10.9 Å². The zero-order valence-corrected chi connectivity index (χ0v) is 14.4. The Balaban J connectivity index is 1.38. The van der Waals surface area contributed by atoms with Crippen LogP contribution in [-0.4, -0.2) is 34.2 Å². The molecule has 1 N–H and O–H groups in total. The molecule has 24 heavy (non-hydrogen) atoms. The van der Waals surface area contributed by atoms with Gasteiger partial charge in [-0.3, -0.25) is 10.1 Å². The molecule has 0 aromatic carbocycles. The lowest BCUT2D eigenvalue weighted by molar-refractivity contribution is 0.102. The maximum absolute atomic E-state index is 12.1. The van der Waals surface area contributed by atoms with E-state index >= 15 is 0 Å². The first-order valence-electron chi connectivity index (χ1n) is 8.53. The number of nitrogens with zero attached hydrogens (tertiary/aromatic N) is 4. The molecule has 1 saturated carbocycles. The van der Waals surface area contributed by atoms with Crippen LogP contribution in [0.25, 0.3) is 0 Å². The van der Waals surface area contributed by atoms with Crippen LogP contribution in [0.3, 0.4) is 0 Å². The van der Waals surface area contributed by atoms with E-state index in [1.807, 2.05) is 12.1 Å². The molecule has 0 bridgehead atoms. The van der Waals surface area contributed by atoms with Gasteiger partial charge in [0, 0.05) is 19.3 Å². The highest BCUT2D eigenvalue weighted by atomic mass is 32.1. The first-order chi connectivity index (χ1) is 11.7. The first-order valence-corrected chi connectivity index (χ1v) is 9.41. The number of pyridine rings is 1. The average Bonchev–Trinajstić information content (AvgIpc) is 3.28. The van der Waals surface area contributed by atoms with E-state index in [1.54, 1.807) is 11.7 Å². The van der Waals surface area contributed by atoms with E-state index in [0.29, 0.717) is 16.1 Å². The topological polar surface area (TPSA) is 71.0 Å². The smallest absolute Gasteiger partial charge is 0.259 e. The highest BCUT2D eigenvalue weighted by molar-refractivity contribution is 7.13. The second-order valence-corrected chi connectivity index (χ2v) is 7.63. The molecule has 6 nitrogen and oxygen atoms in total. The molecule has 1 aliphatic carbocycles. The summed E-state index contributed by atoms with van der Waals surface area (Å²) in [6.07, 6.45) is 9.79. The van der Waals surface area contributed by atoms with Crippen LogP contribution in [0.15, 0.2) is 23.8 Å². The molecule has 0 unspecified atom stereocenters. The molecule has 2 aromatic heterocycles. The fraction of sp³-hybridized carbons (Fsp3) is 0.529. The van der Waals surface area contributed by atoms with Gasteiger partial charge in [0.15, 0.2) is 0 Å². The molecule has 0 radical (unpaired) electrons. The molecule has 2 fully saturated rings. The van der Waals surface area contributed by atoms with E-state index in [4.69, 9.17) is 0 Å². The van der Waals surface area contributed by atoms with Gasteiger partial charge >= 0.3 is 0 Å². The second-order valence-electron chi connectivity index (χ2n) is 6.80. The Morgan fingerprint density at radius 1 is 1.17 bits per heavy atom. The normalized spacial score (nSPS) is 19.6. The van der Waals surface area contributed by atoms with Crippen LogP contribution < -0.4 is 10.2 Å². The summed E-state index contributed by atoms with van der Waals surface area (Å²) in [5.74, 6) is 0.768. The third-order valence-corrected chi connectivity index (χ3v) is 6.01. The summed E-state index contributed by atoms with van der Waals surface area (Å²) in [5, 5.41) is 10.7.